The van der Waals surface area contributed by atoms with Crippen molar-refractivity contribution < 1.29 is 8.42 Å². The Morgan fingerprint density at radius 3 is 2.48 bits per heavy atom. The Balaban J connectivity index is 2.03. The summed E-state index contributed by atoms with van der Waals surface area (Å²) >= 11 is 0. The highest BCUT2D eigenvalue weighted by atomic mass is 32.2. The zero-order valence-electron chi connectivity index (χ0n) is 12.2. The first-order chi connectivity index (χ1) is 10.0. The van der Waals surface area contributed by atoms with Crippen molar-refractivity contribution in [1.82, 2.24) is 4.31 Å². The minimum atomic E-state index is -3.46. The molecule has 2 rings (SSSR count). The van der Waals surface area contributed by atoms with Crippen LogP contribution in [0, 0.1) is 17.8 Å². The van der Waals surface area contributed by atoms with E-state index in [1.807, 2.05) is 0 Å². The van der Waals surface area contributed by atoms with Crippen molar-refractivity contribution in [3.05, 3.63) is 29.8 Å². The molecule has 0 bridgehead atoms. The van der Waals surface area contributed by atoms with Gasteiger partial charge in [0.05, 0.1) is 6.54 Å². The predicted molar refractivity (Wildman–Crippen MR) is 84.9 cm³/mol. The summed E-state index contributed by atoms with van der Waals surface area (Å²) in [7, 11) is -3.46. The van der Waals surface area contributed by atoms with Gasteiger partial charge in [0.1, 0.15) is 0 Å². The molecule has 0 aromatic heterocycles. The number of nitrogens with one attached hydrogen (secondary N) is 1. The Hall–Kier alpha value is -1.55. The Morgan fingerprint density at radius 2 is 1.90 bits per heavy atom. The summed E-state index contributed by atoms with van der Waals surface area (Å²) < 4.78 is 28.7. The molecule has 1 saturated heterocycles. The van der Waals surface area contributed by atoms with Crippen molar-refractivity contribution in [3.63, 3.8) is 0 Å². The Morgan fingerprint density at radius 1 is 1.29 bits per heavy atom. The van der Waals surface area contributed by atoms with E-state index in [0.717, 1.165) is 18.4 Å². The van der Waals surface area contributed by atoms with Crippen LogP contribution in [-0.4, -0.2) is 32.4 Å². The molecule has 6 heteroatoms. The molecular formula is C15H21N3O2S. The summed E-state index contributed by atoms with van der Waals surface area (Å²) in [6, 6.07) is 6.98. The van der Waals surface area contributed by atoms with Crippen molar-refractivity contribution >= 4 is 15.9 Å². The maximum absolute atomic E-state index is 12.3. The van der Waals surface area contributed by atoms with Gasteiger partial charge in [-0.05, 0) is 43.0 Å². The number of hydrogen-bond donors (Lipinski definition) is 2. The molecule has 0 radical (unpaired) electrons. The van der Waals surface area contributed by atoms with Gasteiger partial charge in [0, 0.05) is 24.3 Å². The van der Waals surface area contributed by atoms with Gasteiger partial charge in [0.25, 0.3) is 0 Å². The van der Waals surface area contributed by atoms with Gasteiger partial charge in [-0.1, -0.05) is 18.8 Å². The van der Waals surface area contributed by atoms with Gasteiger partial charge >= 0.3 is 10.2 Å². The minimum Gasteiger partial charge on any atom is -0.320 e. The largest absolute Gasteiger partial charge is 0.320 e. The van der Waals surface area contributed by atoms with Crippen LogP contribution < -0.4 is 10.5 Å². The molecule has 1 aromatic carbocycles. The van der Waals surface area contributed by atoms with Crippen molar-refractivity contribution in [3.8, 4) is 11.8 Å². The SMILES string of the molecule is CC1CCN(S(=O)(=O)Nc2ccc(C#CCN)cc2)CC1. The molecule has 0 spiro atoms. The minimum absolute atomic E-state index is 0.307. The third kappa shape index (κ3) is 4.46. The molecule has 0 atom stereocenters. The van der Waals surface area contributed by atoms with Crippen LogP contribution >= 0.6 is 0 Å². The number of nitrogens with zero attached hydrogens (tertiary/aromatic N) is 1. The number of anilines is 1. The van der Waals surface area contributed by atoms with Crippen LogP contribution in [0.2, 0.25) is 0 Å². The first kappa shape index (κ1) is 15.8. The van der Waals surface area contributed by atoms with Crippen LogP contribution in [0.3, 0.4) is 0 Å². The van der Waals surface area contributed by atoms with E-state index in [1.165, 1.54) is 4.31 Å². The topological polar surface area (TPSA) is 75.4 Å². The zero-order chi connectivity index (χ0) is 15.3. The zero-order valence-corrected chi connectivity index (χ0v) is 13.0. The fourth-order valence-electron chi connectivity index (χ4n) is 2.21. The summed E-state index contributed by atoms with van der Waals surface area (Å²) in [5, 5.41) is 0. The van der Waals surface area contributed by atoms with Gasteiger partial charge in [-0.15, -0.1) is 0 Å². The van der Waals surface area contributed by atoms with Crippen LogP contribution in [-0.2, 0) is 10.2 Å². The summed E-state index contributed by atoms with van der Waals surface area (Å²) in [6.07, 6.45) is 1.82. The third-order valence-electron chi connectivity index (χ3n) is 3.55. The summed E-state index contributed by atoms with van der Waals surface area (Å²) in [5.74, 6) is 6.25. The maximum atomic E-state index is 12.3. The molecule has 21 heavy (non-hydrogen) atoms. The van der Waals surface area contributed by atoms with Crippen molar-refractivity contribution in [2.24, 2.45) is 11.7 Å². The molecule has 0 unspecified atom stereocenters. The first-order valence-electron chi connectivity index (χ1n) is 7.08. The number of hydrogen-bond acceptors (Lipinski definition) is 3. The molecule has 114 valence electrons. The Bertz CT molecular complexity index is 621. The van der Waals surface area contributed by atoms with Crippen LogP contribution in [0.5, 0.6) is 0 Å². The average molecular weight is 307 g/mol. The van der Waals surface area contributed by atoms with E-state index >= 15 is 0 Å². The molecule has 1 heterocycles. The standard InChI is InChI=1S/C15H21N3O2S/c1-13-8-11-18(12-9-13)21(19,20)17-15-6-4-14(5-7-15)3-2-10-16/h4-7,13,17H,8-12,16H2,1H3. The molecule has 5 nitrogen and oxygen atoms in total. The third-order valence-corrected chi connectivity index (χ3v) is 5.09. The van der Waals surface area contributed by atoms with Crippen molar-refractivity contribution in [1.29, 1.82) is 0 Å². The van der Waals surface area contributed by atoms with Crippen molar-refractivity contribution in [2.75, 3.05) is 24.4 Å². The molecule has 1 fully saturated rings. The lowest BCUT2D eigenvalue weighted by molar-refractivity contribution is 0.289. The van der Waals surface area contributed by atoms with E-state index in [1.54, 1.807) is 24.3 Å². The molecule has 0 amide bonds. The van der Waals surface area contributed by atoms with E-state index in [4.69, 9.17) is 5.73 Å². The number of nitrogens with two attached hydrogens (primary N) is 1. The number of rotatable bonds is 3. The van der Waals surface area contributed by atoms with E-state index in [2.05, 4.69) is 23.5 Å². The van der Waals surface area contributed by atoms with Crippen LogP contribution in [0.25, 0.3) is 0 Å². The first-order valence-corrected chi connectivity index (χ1v) is 8.52. The number of benzene rings is 1. The highest BCUT2D eigenvalue weighted by Gasteiger charge is 2.26. The van der Waals surface area contributed by atoms with E-state index < -0.39 is 10.2 Å². The lowest BCUT2D eigenvalue weighted by Gasteiger charge is -2.29. The monoisotopic (exact) mass is 307 g/mol. The maximum Gasteiger partial charge on any atom is 0.301 e. The second-order valence-electron chi connectivity index (χ2n) is 5.27. The lowest BCUT2D eigenvalue weighted by Crippen LogP contribution is -2.41. The van der Waals surface area contributed by atoms with E-state index in [-0.39, 0.29) is 0 Å². The van der Waals surface area contributed by atoms with Crippen LogP contribution in [0.15, 0.2) is 24.3 Å². The normalized spacial score (nSPS) is 17.0. The van der Waals surface area contributed by atoms with Gasteiger partial charge in [0.15, 0.2) is 0 Å². The summed E-state index contributed by atoms with van der Waals surface area (Å²) in [6.45, 7) is 3.62. The van der Waals surface area contributed by atoms with Gasteiger partial charge in [-0.3, -0.25) is 4.72 Å². The Kier molecular flexibility index (Phi) is 5.23. The smallest absolute Gasteiger partial charge is 0.301 e. The Labute approximate surface area is 126 Å². The highest BCUT2D eigenvalue weighted by Crippen LogP contribution is 2.20. The second kappa shape index (κ2) is 6.94. The lowest BCUT2D eigenvalue weighted by atomic mass is 10.0. The fourth-order valence-corrected chi connectivity index (χ4v) is 3.47. The van der Waals surface area contributed by atoms with Crippen LogP contribution in [0.1, 0.15) is 25.3 Å². The molecule has 1 aromatic rings. The molecule has 1 aliphatic rings. The predicted octanol–water partition coefficient (Wildman–Crippen LogP) is 1.39. The quantitative estimate of drug-likeness (QED) is 0.829. The van der Waals surface area contributed by atoms with Gasteiger partial charge in [-0.25, -0.2) is 0 Å². The molecule has 0 aliphatic carbocycles. The van der Waals surface area contributed by atoms with Gasteiger partial charge in [-0.2, -0.15) is 12.7 Å². The molecular weight excluding hydrogens is 286 g/mol. The van der Waals surface area contributed by atoms with E-state index in [9.17, 15) is 8.42 Å². The number of piperidine rings is 1. The summed E-state index contributed by atoms with van der Waals surface area (Å²) in [5.41, 5.74) is 6.67. The molecule has 1 aliphatic heterocycles. The van der Waals surface area contributed by atoms with Gasteiger partial charge < -0.3 is 5.73 Å². The highest BCUT2D eigenvalue weighted by molar-refractivity contribution is 7.90. The molecule has 3 N–H and O–H groups in total. The fraction of sp³-hybridized carbons (Fsp3) is 0.467. The van der Waals surface area contributed by atoms with Gasteiger partial charge in [0.2, 0.25) is 0 Å². The van der Waals surface area contributed by atoms with E-state index in [0.29, 0.717) is 31.2 Å². The molecule has 0 saturated carbocycles. The average Bonchev–Trinajstić information content (AvgIpc) is 2.47. The van der Waals surface area contributed by atoms with Crippen LogP contribution in [0.4, 0.5) is 5.69 Å². The summed E-state index contributed by atoms with van der Waals surface area (Å²) in [4.78, 5) is 0. The van der Waals surface area contributed by atoms with Crippen molar-refractivity contribution in [2.45, 2.75) is 19.8 Å². The second-order valence-corrected chi connectivity index (χ2v) is 6.94.